The summed E-state index contributed by atoms with van der Waals surface area (Å²) >= 11 is 0. The quantitative estimate of drug-likeness (QED) is 0.538. The van der Waals surface area contributed by atoms with Gasteiger partial charge in [0.1, 0.15) is 18.7 Å². The van der Waals surface area contributed by atoms with Gasteiger partial charge in [-0.3, -0.25) is 0 Å². The summed E-state index contributed by atoms with van der Waals surface area (Å²) in [4.78, 5) is 0. The van der Waals surface area contributed by atoms with Gasteiger partial charge in [0.25, 0.3) is 0 Å². The van der Waals surface area contributed by atoms with E-state index in [1.807, 2.05) is 54.6 Å². The summed E-state index contributed by atoms with van der Waals surface area (Å²) in [6.45, 7) is 0.215. The molecule has 0 aliphatic rings. The van der Waals surface area contributed by atoms with Crippen LogP contribution in [0.2, 0.25) is 0 Å². The van der Waals surface area contributed by atoms with Crippen LogP contribution in [0.1, 0.15) is 5.56 Å². The Hall–Kier alpha value is -3.39. The average molecular weight is 302 g/mol. The molecule has 0 fully saturated rings. The zero-order valence-corrected chi connectivity index (χ0v) is 12.3. The average Bonchev–Trinajstić information content (AvgIpc) is 3.08. The van der Waals surface area contributed by atoms with E-state index in [9.17, 15) is 0 Å². The Morgan fingerprint density at radius 2 is 1.91 bits per heavy atom. The molecule has 0 radical (unpaired) electrons. The van der Waals surface area contributed by atoms with Gasteiger partial charge in [-0.2, -0.15) is 9.78 Å². The summed E-state index contributed by atoms with van der Waals surface area (Å²) in [6, 6.07) is 17.3. The van der Waals surface area contributed by atoms with Gasteiger partial charge < -0.3 is 4.74 Å². The van der Waals surface area contributed by atoms with E-state index >= 15 is 0 Å². The fourth-order valence-corrected chi connectivity index (χ4v) is 2.05. The van der Waals surface area contributed by atoms with Gasteiger partial charge in [-0.05, 0) is 12.1 Å². The Morgan fingerprint density at radius 1 is 1.13 bits per heavy atom. The number of rotatable bonds is 5. The van der Waals surface area contributed by atoms with Crippen molar-refractivity contribution in [1.82, 2.24) is 14.9 Å². The second-order valence-electron chi connectivity index (χ2n) is 4.64. The molecule has 0 saturated carbocycles. The molecule has 0 aliphatic carbocycles. The molecule has 0 atom stereocenters. The number of terminal acetylenes is 1. The number of para-hydroxylation sites is 1. The molecule has 1 heterocycles. The Morgan fingerprint density at radius 3 is 2.74 bits per heavy atom. The lowest BCUT2D eigenvalue weighted by Crippen LogP contribution is -1.98. The lowest BCUT2D eigenvalue weighted by molar-refractivity contribution is 0.370. The third kappa shape index (κ3) is 3.44. The first-order valence-electron chi connectivity index (χ1n) is 7.03. The fraction of sp³-hybridized carbons (Fsp3) is 0.0556. The predicted octanol–water partition coefficient (Wildman–Crippen LogP) is 2.84. The molecule has 0 spiro atoms. The maximum Gasteiger partial charge on any atom is 0.184 e. The molecular formula is C18H14N4O. The van der Waals surface area contributed by atoms with E-state index < -0.39 is 0 Å². The van der Waals surface area contributed by atoms with Gasteiger partial charge in [-0.1, -0.05) is 48.4 Å². The normalized spacial score (nSPS) is 10.6. The topological polar surface area (TPSA) is 52.3 Å². The number of aromatic nitrogens is 3. The minimum absolute atomic E-state index is 0.215. The molecule has 0 bridgehead atoms. The van der Waals surface area contributed by atoms with E-state index in [4.69, 9.17) is 11.2 Å². The fourth-order valence-electron chi connectivity index (χ4n) is 2.05. The Balaban J connectivity index is 1.88. The minimum atomic E-state index is 0.215. The van der Waals surface area contributed by atoms with Crippen LogP contribution in [0.4, 0.5) is 0 Å². The van der Waals surface area contributed by atoms with Crippen molar-refractivity contribution in [3.8, 4) is 29.5 Å². The van der Waals surface area contributed by atoms with Crippen molar-refractivity contribution in [3.63, 3.8) is 0 Å². The maximum absolute atomic E-state index is 5.50. The van der Waals surface area contributed by atoms with Gasteiger partial charge in [0.2, 0.25) is 0 Å². The van der Waals surface area contributed by atoms with Gasteiger partial charge in [0.05, 0.1) is 6.21 Å². The molecule has 23 heavy (non-hydrogen) atoms. The zero-order valence-electron chi connectivity index (χ0n) is 12.3. The summed E-state index contributed by atoms with van der Waals surface area (Å²) in [5, 5.41) is 12.5. The largest absolute Gasteiger partial charge is 0.480 e. The van der Waals surface area contributed by atoms with Crippen LogP contribution in [0.5, 0.6) is 5.75 Å². The van der Waals surface area contributed by atoms with Crippen molar-refractivity contribution in [2.45, 2.75) is 0 Å². The Bertz CT molecular complexity index is 847. The van der Waals surface area contributed by atoms with Crippen molar-refractivity contribution in [2.75, 3.05) is 6.61 Å². The highest BCUT2D eigenvalue weighted by molar-refractivity contribution is 5.83. The number of ether oxygens (including phenoxy) is 1. The molecule has 0 amide bonds. The Labute approximate surface area is 134 Å². The summed E-state index contributed by atoms with van der Waals surface area (Å²) in [5.74, 6) is 3.81. The van der Waals surface area contributed by atoms with Crippen LogP contribution in [0.15, 0.2) is 66.0 Å². The summed E-state index contributed by atoms with van der Waals surface area (Å²) in [6.07, 6.45) is 8.49. The highest BCUT2D eigenvalue weighted by atomic mass is 16.5. The number of hydrogen-bond donors (Lipinski definition) is 0. The van der Waals surface area contributed by atoms with Crippen LogP contribution in [0.3, 0.4) is 0 Å². The molecule has 2 aromatic carbocycles. The van der Waals surface area contributed by atoms with Crippen molar-refractivity contribution >= 4 is 6.21 Å². The number of hydrogen-bond acceptors (Lipinski definition) is 4. The van der Waals surface area contributed by atoms with Crippen molar-refractivity contribution in [3.05, 3.63) is 66.5 Å². The minimum Gasteiger partial charge on any atom is -0.480 e. The van der Waals surface area contributed by atoms with Crippen LogP contribution in [0.25, 0.3) is 11.4 Å². The zero-order chi connectivity index (χ0) is 15.9. The first-order valence-corrected chi connectivity index (χ1v) is 7.03. The first-order chi connectivity index (χ1) is 11.4. The Kier molecular flexibility index (Phi) is 4.46. The van der Waals surface area contributed by atoms with E-state index in [-0.39, 0.29) is 6.61 Å². The predicted molar refractivity (Wildman–Crippen MR) is 89.2 cm³/mol. The van der Waals surface area contributed by atoms with E-state index in [1.54, 1.807) is 17.2 Å². The molecule has 1 aromatic heterocycles. The lowest BCUT2D eigenvalue weighted by atomic mass is 10.2. The number of nitrogens with zero attached hydrogens (tertiary/aromatic N) is 4. The van der Waals surface area contributed by atoms with E-state index in [0.29, 0.717) is 11.6 Å². The SMILES string of the molecule is C#CCOc1ccccc1/C=N\n1cnnc1-c1ccccc1. The second-order valence-corrected chi connectivity index (χ2v) is 4.64. The third-order valence-corrected chi connectivity index (χ3v) is 3.11. The van der Waals surface area contributed by atoms with E-state index in [2.05, 4.69) is 21.2 Å². The third-order valence-electron chi connectivity index (χ3n) is 3.11. The van der Waals surface area contributed by atoms with Gasteiger partial charge in [-0.25, -0.2) is 0 Å². The maximum atomic E-state index is 5.50. The molecule has 3 aromatic rings. The summed E-state index contributed by atoms with van der Waals surface area (Å²) in [5.41, 5.74) is 1.77. The molecule has 112 valence electrons. The number of benzene rings is 2. The van der Waals surface area contributed by atoms with Crippen LogP contribution < -0.4 is 4.74 Å². The summed E-state index contributed by atoms with van der Waals surface area (Å²) < 4.78 is 7.12. The van der Waals surface area contributed by atoms with E-state index in [0.717, 1.165) is 11.1 Å². The molecule has 5 nitrogen and oxygen atoms in total. The smallest absolute Gasteiger partial charge is 0.184 e. The molecule has 0 saturated heterocycles. The summed E-state index contributed by atoms with van der Waals surface area (Å²) in [7, 11) is 0. The van der Waals surface area contributed by atoms with Crippen molar-refractivity contribution in [2.24, 2.45) is 5.10 Å². The van der Waals surface area contributed by atoms with Crippen LogP contribution >= 0.6 is 0 Å². The lowest BCUT2D eigenvalue weighted by Gasteiger charge is -2.05. The second kappa shape index (κ2) is 7.05. The first kappa shape index (κ1) is 14.5. The van der Waals surface area contributed by atoms with Crippen molar-refractivity contribution < 1.29 is 4.74 Å². The molecule has 0 aliphatic heterocycles. The molecule has 3 rings (SSSR count). The van der Waals surface area contributed by atoms with E-state index in [1.165, 1.54) is 0 Å². The molecule has 5 heteroatoms. The molecular weight excluding hydrogens is 288 g/mol. The van der Waals surface area contributed by atoms with Gasteiger partial charge in [0, 0.05) is 11.1 Å². The molecule has 0 N–H and O–H groups in total. The van der Waals surface area contributed by atoms with Gasteiger partial charge in [0.15, 0.2) is 5.82 Å². The van der Waals surface area contributed by atoms with Gasteiger partial charge in [-0.15, -0.1) is 16.6 Å². The van der Waals surface area contributed by atoms with Crippen molar-refractivity contribution in [1.29, 1.82) is 0 Å². The van der Waals surface area contributed by atoms with Crippen LogP contribution in [-0.4, -0.2) is 27.7 Å². The highest BCUT2D eigenvalue weighted by Crippen LogP contribution is 2.18. The monoisotopic (exact) mass is 302 g/mol. The standard InChI is InChI=1S/C18H14N4O/c1-2-12-23-17-11-7-6-10-16(17)13-20-22-14-19-21-18(22)15-8-4-3-5-9-15/h1,3-11,13-14H,12H2/b20-13-. The van der Waals surface area contributed by atoms with Crippen LogP contribution in [-0.2, 0) is 0 Å². The molecule has 0 unspecified atom stereocenters. The highest BCUT2D eigenvalue weighted by Gasteiger charge is 2.06. The van der Waals surface area contributed by atoms with Gasteiger partial charge >= 0.3 is 0 Å². The van der Waals surface area contributed by atoms with Crippen LogP contribution in [0, 0.1) is 12.3 Å².